The second-order valence-electron chi connectivity index (χ2n) is 8.80. The van der Waals surface area contributed by atoms with E-state index in [1.165, 1.54) is 24.3 Å². The lowest BCUT2D eigenvalue weighted by Gasteiger charge is -2.42. The van der Waals surface area contributed by atoms with E-state index in [0.717, 1.165) is 18.0 Å². The normalized spacial score (nSPS) is 14.0. The smallest absolute Gasteiger partial charge is 0.335 e. The van der Waals surface area contributed by atoms with Gasteiger partial charge in [-0.1, -0.05) is 26.8 Å². The molecule has 0 atom stereocenters. The highest BCUT2D eigenvalue weighted by Crippen LogP contribution is 2.48. The summed E-state index contributed by atoms with van der Waals surface area (Å²) in [4.78, 5) is 11.4. The van der Waals surface area contributed by atoms with Gasteiger partial charge in [0.2, 0.25) is 0 Å². The summed E-state index contributed by atoms with van der Waals surface area (Å²) in [5.74, 6) is -2.28. The van der Waals surface area contributed by atoms with Crippen LogP contribution < -0.4 is 5.73 Å². The summed E-state index contributed by atoms with van der Waals surface area (Å²) in [7, 11) is 0. The SMILES string of the molecule is CC.CCC1(c2c(-c3ccc(C(=O)O)cc3F)c3cc(N)c(C=N)cc3n2-c2ccc(F)cc2)COC1. The Hall–Kier alpha value is -4.04. The number of anilines is 1. The molecule has 1 aliphatic heterocycles. The third kappa shape index (κ3) is 4.27. The van der Waals surface area contributed by atoms with Crippen molar-refractivity contribution in [2.75, 3.05) is 18.9 Å². The van der Waals surface area contributed by atoms with Crippen LogP contribution in [0.5, 0.6) is 0 Å². The first-order valence-corrected chi connectivity index (χ1v) is 12.2. The van der Waals surface area contributed by atoms with E-state index in [1.807, 2.05) is 25.3 Å². The van der Waals surface area contributed by atoms with Gasteiger partial charge in [0.1, 0.15) is 11.6 Å². The minimum atomic E-state index is -1.22. The molecule has 0 radical (unpaired) electrons. The fourth-order valence-electron chi connectivity index (χ4n) is 4.83. The van der Waals surface area contributed by atoms with Crippen molar-refractivity contribution in [2.24, 2.45) is 0 Å². The number of nitrogen functional groups attached to an aromatic ring is 1. The quantitative estimate of drug-likeness (QED) is 0.204. The first-order chi connectivity index (χ1) is 17.8. The number of nitrogens with two attached hydrogens (primary N) is 1. The molecule has 0 amide bonds. The number of hydrogen-bond acceptors (Lipinski definition) is 4. The van der Waals surface area contributed by atoms with Crippen LogP contribution in [0.25, 0.3) is 27.7 Å². The van der Waals surface area contributed by atoms with Gasteiger partial charge in [0.15, 0.2) is 0 Å². The zero-order chi connectivity index (χ0) is 26.9. The van der Waals surface area contributed by atoms with Crippen molar-refractivity contribution in [3.8, 4) is 16.8 Å². The Bertz CT molecular complexity index is 1480. The standard InChI is InChI=1S/C27H23F2N3O3.C2H6/c1-2-27(13-35-14-27)25-24(19-8-3-15(26(33)34)9-21(19)29)20-11-22(31)16(12-30)10-23(20)32(25)18-6-4-17(28)5-7-18;1-2/h3-12,30H,2,13-14,31H2,1H3,(H,33,34);1-2H3. The summed E-state index contributed by atoms with van der Waals surface area (Å²) < 4.78 is 36.9. The van der Waals surface area contributed by atoms with E-state index in [-0.39, 0.29) is 16.9 Å². The zero-order valence-corrected chi connectivity index (χ0v) is 20.9. The molecular formula is C29H29F2N3O3. The lowest BCUT2D eigenvalue weighted by atomic mass is 9.76. The number of aromatic nitrogens is 1. The molecule has 1 aliphatic rings. The van der Waals surface area contributed by atoms with Crippen molar-refractivity contribution in [3.05, 3.63) is 83.1 Å². The van der Waals surface area contributed by atoms with Gasteiger partial charge < -0.3 is 25.6 Å². The van der Waals surface area contributed by atoms with Crippen molar-refractivity contribution in [1.29, 1.82) is 5.41 Å². The molecule has 0 unspecified atom stereocenters. The van der Waals surface area contributed by atoms with Crippen LogP contribution in [0.1, 0.15) is 48.8 Å². The predicted octanol–water partition coefficient (Wildman–Crippen LogP) is 6.56. The van der Waals surface area contributed by atoms with Gasteiger partial charge in [-0.3, -0.25) is 0 Å². The van der Waals surface area contributed by atoms with Crippen LogP contribution in [0.3, 0.4) is 0 Å². The number of carboxylic acids is 1. The maximum Gasteiger partial charge on any atom is 0.335 e. The topological polar surface area (TPSA) is 101 Å². The molecule has 0 spiro atoms. The van der Waals surface area contributed by atoms with Gasteiger partial charge in [-0.2, -0.15) is 0 Å². The molecule has 0 bridgehead atoms. The van der Waals surface area contributed by atoms with E-state index in [4.69, 9.17) is 15.9 Å². The van der Waals surface area contributed by atoms with Gasteiger partial charge in [0.25, 0.3) is 0 Å². The summed E-state index contributed by atoms with van der Waals surface area (Å²) >= 11 is 0. The Kier molecular flexibility index (Phi) is 7.14. The van der Waals surface area contributed by atoms with Crippen LogP contribution in [-0.4, -0.2) is 35.1 Å². The highest BCUT2D eigenvalue weighted by molar-refractivity contribution is 6.05. The Labute approximate surface area is 213 Å². The molecule has 3 aromatic carbocycles. The molecule has 4 aromatic rings. The molecule has 6 nitrogen and oxygen atoms in total. The molecule has 192 valence electrons. The van der Waals surface area contributed by atoms with Gasteiger partial charge in [-0.05, 0) is 55.0 Å². The Morgan fingerprint density at radius 2 is 1.81 bits per heavy atom. The number of halogens is 2. The first-order valence-electron chi connectivity index (χ1n) is 12.2. The predicted molar refractivity (Wildman–Crippen MR) is 142 cm³/mol. The van der Waals surface area contributed by atoms with Crippen LogP contribution in [-0.2, 0) is 10.2 Å². The highest BCUT2D eigenvalue weighted by atomic mass is 19.1. The largest absolute Gasteiger partial charge is 0.478 e. The van der Waals surface area contributed by atoms with Crippen molar-refractivity contribution in [3.63, 3.8) is 0 Å². The van der Waals surface area contributed by atoms with E-state index >= 15 is 4.39 Å². The van der Waals surface area contributed by atoms with E-state index in [2.05, 4.69) is 0 Å². The van der Waals surface area contributed by atoms with Gasteiger partial charge in [0, 0.05) is 45.4 Å². The third-order valence-corrected chi connectivity index (χ3v) is 6.83. The van der Waals surface area contributed by atoms with Crippen molar-refractivity contribution in [2.45, 2.75) is 32.6 Å². The van der Waals surface area contributed by atoms with E-state index in [9.17, 15) is 14.3 Å². The fraction of sp³-hybridized carbons (Fsp3) is 0.241. The Balaban J connectivity index is 0.00000156. The number of rotatable bonds is 6. The van der Waals surface area contributed by atoms with Crippen LogP contribution in [0.2, 0.25) is 0 Å². The molecule has 0 saturated carbocycles. The third-order valence-electron chi connectivity index (χ3n) is 6.83. The van der Waals surface area contributed by atoms with E-state index in [0.29, 0.717) is 53.0 Å². The van der Waals surface area contributed by atoms with Crippen LogP contribution in [0.15, 0.2) is 54.6 Å². The number of aromatic carboxylic acids is 1. The summed E-state index contributed by atoms with van der Waals surface area (Å²) in [6.07, 6.45) is 1.85. The van der Waals surface area contributed by atoms with Gasteiger partial charge in [0.05, 0.1) is 29.7 Å². The van der Waals surface area contributed by atoms with Crippen LogP contribution in [0.4, 0.5) is 14.5 Å². The Morgan fingerprint density at radius 1 is 1.14 bits per heavy atom. The maximum absolute atomic E-state index is 15.5. The monoisotopic (exact) mass is 505 g/mol. The van der Waals surface area contributed by atoms with E-state index < -0.39 is 17.2 Å². The average Bonchev–Trinajstić information content (AvgIpc) is 3.18. The number of fused-ring (bicyclic) bond motifs is 1. The highest BCUT2D eigenvalue weighted by Gasteiger charge is 2.44. The summed E-state index contributed by atoms with van der Waals surface area (Å²) in [6, 6.07) is 13.3. The van der Waals surface area contributed by atoms with Crippen molar-refractivity contribution < 1.29 is 23.4 Å². The molecule has 0 aliphatic carbocycles. The summed E-state index contributed by atoms with van der Waals surface area (Å²) in [5.41, 5.74) is 9.41. The van der Waals surface area contributed by atoms with Gasteiger partial charge in [-0.15, -0.1) is 0 Å². The number of carboxylic acid groups (broad SMARTS) is 1. The zero-order valence-electron chi connectivity index (χ0n) is 20.9. The number of nitrogens with one attached hydrogen (secondary N) is 1. The second kappa shape index (κ2) is 10.1. The number of ether oxygens (including phenoxy) is 1. The maximum atomic E-state index is 15.5. The summed E-state index contributed by atoms with van der Waals surface area (Å²) in [5, 5.41) is 17.8. The number of benzene rings is 3. The number of carbonyl (C=O) groups is 1. The molecule has 5 rings (SSSR count). The van der Waals surface area contributed by atoms with Crippen molar-refractivity contribution >= 4 is 28.8 Å². The fourth-order valence-corrected chi connectivity index (χ4v) is 4.83. The first kappa shape index (κ1) is 26.0. The Morgan fingerprint density at radius 3 is 2.32 bits per heavy atom. The van der Waals surface area contributed by atoms with Crippen molar-refractivity contribution in [1.82, 2.24) is 4.57 Å². The molecule has 1 saturated heterocycles. The average molecular weight is 506 g/mol. The van der Waals surface area contributed by atoms with Crippen LogP contribution in [0, 0.1) is 17.0 Å². The lowest BCUT2D eigenvalue weighted by molar-refractivity contribution is -0.0644. The minimum Gasteiger partial charge on any atom is -0.478 e. The molecular weight excluding hydrogens is 476 g/mol. The van der Waals surface area contributed by atoms with E-state index in [1.54, 1.807) is 24.3 Å². The van der Waals surface area contributed by atoms with Gasteiger partial charge >= 0.3 is 5.97 Å². The summed E-state index contributed by atoms with van der Waals surface area (Å²) in [6.45, 7) is 6.85. The second-order valence-corrected chi connectivity index (χ2v) is 8.80. The number of hydrogen-bond donors (Lipinski definition) is 3. The van der Waals surface area contributed by atoms with Crippen LogP contribution >= 0.6 is 0 Å². The molecule has 1 fully saturated rings. The van der Waals surface area contributed by atoms with Gasteiger partial charge in [-0.25, -0.2) is 13.6 Å². The minimum absolute atomic E-state index is 0.155. The number of nitrogens with zero attached hydrogens (tertiary/aromatic N) is 1. The molecule has 4 N–H and O–H groups in total. The molecule has 37 heavy (non-hydrogen) atoms. The molecule has 1 aromatic heterocycles. The molecule has 2 heterocycles. The lowest BCUT2D eigenvalue weighted by Crippen LogP contribution is -2.47. The molecule has 8 heteroatoms.